The van der Waals surface area contributed by atoms with Gasteiger partial charge >= 0.3 is 0 Å². The summed E-state index contributed by atoms with van der Waals surface area (Å²) in [6, 6.07) is 2.31. The SMILES string of the molecule is O=C(NCC12CCC(c3cnc(-c4ccnc(N5CCNCC5)n4)o3)(CC1)CC2)c1cc(F)c(O)c(F)c1F. The fourth-order valence-corrected chi connectivity index (χ4v) is 6.13. The summed E-state index contributed by atoms with van der Waals surface area (Å²) in [7, 11) is 0. The maximum Gasteiger partial charge on any atom is 0.254 e. The van der Waals surface area contributed by atoms with Gasteiger partial charge < -0.3 is 25.1 Å². The summed E-state index contributed by atoms with van der Waals surface area (Å²) in [5, 5.41) is 15.2. The number of nitrogens with one attached hydrogen (secondary N) is 2. The van der Waals surface area contributed by atoms with Crippen LogP contribution in [0.15, 0.2) is 28.9 Å². The number of amides is 1. The minimum atomic E-state index is -1.77. The first-order valence-electron chi connectivity index (χ1n) is 13.2. The molecule has 3 heterocycles. The fraction of sp³-hybridized carbons (Fsp3) is 0.481. The molecular formula is C27H29F3N6O3. The van der Waals surface area contributed by atoms with Crippen LogP contribution in [0.5, 0.6) is 5.75 Å². The van der Waals surface area contributed by atoms with Crippen molar-refractivity contribution in [1.29, 1.82) is 0 Å². The Morgan fingerprint density at radius 1 is 1.08 bits per heavy atom. The quantitative estimate of drug-likeness (QED) is 0.404. The smallest absolute Gasteiger partial charge is 0.254 e. The molecule has 39 heavy (non-hydrogen) atoms. The number of piperazine rings is 1. The summed E-state index contributed by atoms with van der Waals surface area (Å²) in [6.07, 6.45) is 8.45. The molecule has 1 saturated heterocycles. The zero-order valence-electron chi connectivity index (χ0n) is 21.3. The molecule has 2 aromatic heterocycles. The molecule has 3 N–H and O–H groups in total. The van der Waals surface area contributed by atoms with Gasteiger partial charge in [-0.3, -0.25) is 4.79 Å². The maximum absolute atomic E-state index is 14.1. The van der Waals surface area contributed by atoms with Gasteiger partial charge in [-0.1, -0.05) is 0 Å². The molecule has 3 aliphatic carbocycles. The fourth-order valence-electron chi connectivity index (χ4n) is 6.13. The monoisotopic (exact) mass is 542 g/mol. The molecular weight excluding hydrogens is 513 g/mol. The Bertz CT molecular complexity index is 1380. The number of carbonyl (C=O) groups is 1. The van der Waals surface area contributed by atoms with E-state index < -0.39 is 34.7 Å². The highest BCUT2D eigenvalue weighted by molar-refractivity contribution is 5.94. The second-order valence-corrected chi connectivity index (χ2v) is 10.9. The first kappa shape index (κ1) is 25.6. The number of anilines is 1. The third-order valence-corrected chi connectivity index (χ3v) is 8.69. The van der Waals surface area contributed by atoms with Crippen LogP contribution in [0.2, 0.25) is 0 Å². The van der Waals surface area contributed by atoms with Gasteiger partial charge in [-0.2, -0.15) is 4.39 Å². The number of nitrogens with zero attached hydrogens (tertiary/aromatic N) is 4. The topological polar surface area (TPSA) is 116 Å². The summed E-state index contributed by atoms with van der Waals surface area (Å²) in [5.74, 6) is -5.12. The van der Waals surface area contributed by atoms with Gasteiger partial charge in [0.1, 0.15) is 11.5 Å². The highest BCUT2D eigenvalue weighted by Gasteiger charge is 2.51. The number of hydrogen-bond donors (Lipinski definition) is 3. The zero-order chi connectivity index (χ0) is 27.2. The van der Waals surface area contributed by atoms with E-state index in [4.69, 9.17) is 4.42 Å². The van der Waals surface area contributed by atoms with Crippen molar-refractivity contribution in [2.75, 3.05) is 37.6 Å². The molecule has 206 valence electrons. The Morgan fingerprint density at radius 3 is 2.51 bits per heavy atom. The molecule has 0 spiro atoms. The molecule has 0 radical (unpaired) electrons. The van der Waals surface area contributed by atoms with Gasteiger partial charge in [-0.25, -0.2) is 23.7 Å². The number of carbonyl (C=O) groups excluding carboxylic acids is 1. The Kier molecular flexibility index (Phi) is 6.44. The van der Waals surface area contributed by atoms with E-state index in [-0.39, 0.29) is 17.4 Å². The van der Waals surface area contributed by atoms with Crippen molar-refractivity contribution in [3.05, 3.63) is 53.3 Å². The molecule has 1 aromatic carbocycles. The standard InChI is InChI=1S/C27H29F3N6O3/c28-17-13-16(20(29)21(30)22(17)37)23(38)34-15-26-2-5-27(6-3-26,7-4-26)19-14-33-24(39-19)18-1-8-32-25(35-18)36-11-9-31-10-12-36/h1,8,13-14,31,37H,2-7,9-12,15H2,(H,34,38). The second-order valence-electron chi connectivity index (χ2n) is 10.9. The number of fused-ring (bicyclic) bond motifs is 3. The maximum atomic E-state index is 14.1. The highest BCUT2D eigenvalue weighted by Crippen LogP contribution is 2.57. The van der Waals surface area contributed by atoms with E-state index in [0.717, 1.165) is 70.5 Å². The van der Waals surface area contributed by atoms with Crippen molar-refractivity contribution < 1.29 is 27.5 Å². The third-order valence-electron chi connectivity index (χ3n) is 8.69. The molecule has 0 unspecified atom stereocenters. The average Bonchev–Trinajstić information content (AvgIpc) is 3.50. The van der Waals surface area contributed by atoms with Crippen molar-refractivity contribution in [3.8, 4) is 17.3 Å². The molecule has 1 aliphatic heterocycles. The number of rotatable bonds is 6. The van der Waals surface area contributed by atoms with Crippen molar-refractivity contribution in [2.24, 2.45) is 5.41 Å². The van der Waals surface area contributed by atoms with Gasteiger partial charge in [-0.05, 0) is 56.1 Å². The molecule has 3 aromatic rings. The Morgan fingerprint density at radius 2 is 1.79 bits per heavy atom. The summed E-state index contributed by atoms with van der Waals surface area (Å²) in [4.78, 5) is 28.3. The van der Waals surface area contributed by atoms with E-state index in [0.29, 0.717) is 23.6 Å². The lowest BCUT2D eigenvalue weighted by molar-refractivity contribution is 0.0286. The number of aromatic hydroxyl groups is 1. The van der Waals surface area contributed by atoms with Crippen LogP contribution in [0, 0.1) is 22.9 Å². The molecule has 7 rings (SSSR count). The van der Waals surface area contributed by atoms with Crippen molar-refractivity contribution >= 4 is 11.9 Å². The van der Waals surface area contributed by atoms with Crippen molar-refractivity contribution in [2.45, 2.75) is 43.9 Å². The lowest BCUT2D eigenvalue weighted by Gasteiger charge is -2.52. The number of phenols is 1. The van der Waals surface area contributed by atoms with Gasteiger partial charge in [0.05, 0.1) is 11.8 Å². The van der Waals surface area contributed by atoms with E-state index in [1.807, 2.05) is 0 Å². The van der Waals surface area contributed by atoms with Gasteiger partial charge in [0.2, 0.25) is 17.7 Å². The molecule has 4 fully saturated rings. The third kappa shape index (κ3) is 4.60. The van der Waals surface area contributed by atoms with Crippen LogP contribution in [0.4, 0.5) is 19.1 Å². The van der Waals surface area contributed by atoms with Crippen LogP contribution >= 0.6 is 0 Å². The molecule has 3 saturated carbocycles. The minimum Gasteiger partial charge on any atom is -0.503 e. The van der Waals surface area contributed by atoms with Crippen LogP contribution < -0.4 is 15.5 Å². The Labute approximate surface area is 222 Å². The number of hydrogen-bond acceptors (Lipinski definition) is 8. The normalized spacial score (nSPS) is 24.6. The second kappa shape index (κ2) is 9.82. The van der Waals surface area contributed by atoms with Crippen LogP contribution in [0.3, 0.4) is 0 Å². The summed E-state index contributed by atoms with van der Waals surface area (Å²) in [6.45, 7) is 3.71. The lowest BCUT2D eigenvalue weighted by Crippen LogP contribution is -2.49. The van der Waals surface area contributed by atoms with Gasteiger partial charge in [-0.15, -0.1) is 0 Å². The summed E-state index contributed by atoms with van der Waals surface area (Å²) >= 11 is 0. The van der Waals surface area contributed by atoms with Gasteiger partial charge in [0, 0.05) is 44.3 Å². The number of benzene rings is 1. The summed E-state index contributed by atoms with van der Waals surface area (Å²) in [5.41, 5.74) is -0.463. The largest absolute Gasteiger partial charge is 0.503 e. The van der Waals surface area contributed by atoms with Crippen LogP contribution in [-0.2, 0) is 5.41 Å². The molecule has 0 atom stereocenters. The number of aromatic nitrogens is 3. The molecule has 12 heteroatoms. The van der Waals surface area contributed by atoms with Gasteiger partial charge in [0.15, 0.2) is 17.4 Å². The minimum absolute atomic E-state index is 0.152. The first-order valence-corrected chi connectivity index (χ1v) is 13.2. The van der Waals surface area contributed by atoms with Crippen LogP contribution in [-0.4, -0.2) is 58.7 Å². The predicted octanol–water partition coefficient (Wildman–Crippen LogP) is 3.69. The highest BCUT2D eigenvalue weighted by atomic mass is 19.2. The van der Waals surface area contributed by atoms with Crippen LogP contribution in [0.25, 0.3) is 11.6 Å². The van der Waals surface area contributed by atoms with E-state index >= 15 is 0 Å². The average molecular weight is 543 g/mol. The predicted molar refractivity (Wildman–Crippen MR) is 135 cm³/mol. The van der Waals surface area contributed by atoms with Crippen molar-refractivity contribution in [1.82, 2.24) is 25.6 Å². The van der Waals surface area contributed by atoms with E-state index in [1.165, 1.54) is 0 Å². The lowest BCUT2D eigenvalue weighted by atomic mass is 9.53. The van der Waals surface area contributed by atoms with E-state index in [1.54, 1.807) is 18.5 Å². The molecule has 4 aliphatic rings. The molecule has 9 nitrogen and oxygen atoms in total. The first-order chi connectivity index (χ1) is 18.8. The van der Waals surface area contributed by atoms with E-state index in [2.05, 4.69) is 30.5 Å². The van der Waals surface area contributed by atoms with Gasteiger partial charge in [0.25, 0.3) is 5.91 Å². The number of oxazole rings is 1. The van der Waals surface area contributed by atoms with Crippen LogP contribution in [0.1, 0.15) is 54.6 Å². The molecule has 1 amide bonds. The van der Waals surface area contributed by atoms with Crippen molar-refractivity contribution in [3.63, 3.8) is 0 Å². The number of halogens is 3. The Hall–Kier alpha value is -3.67. The molecule has 2 bridgehead atoms. The Balaban J connectivity index is 1.11. The zero-order valence-corrected chi connectivity index (χ0v) is 21.3. The van der Waals surface area contributed by atoms with E-state index in [9.17, 15) is 23.1 Å². The number of phenolic OH excluding ortho intramolecular Hbond substituents is 1. The summed E-state index contributed by atoms with van der Waals surface area (Å²) < 4.78 is 47.8.